The fraction of sp³-hybridized carbons (Fsp3) is 0.182. The van der Waals surface area contributed by atoms with E-state index in [1.54, 1.807) is 44.6 Å². The Morgan fingerprint density at radius 1 is 1.10 bits per heavy atom. The molecule has 0 radical (unpaired) electrons. The highest BCUT2D eigenvalue weighted by Gasteiger charge is 2.13. The van der Waals surface area contributed by atoms with Gasteiger partial charge in [0.05, 0.1) is 26.1 Å². The summed E-state index contributed by atoms with van der Waals surface area (Å²) >= 11 is 0. The number of ether oxygens (including phenoxy) is 2. The van der Waals surface area contributed by atoms with E-state index in [0.29, 0.717) is 29.2 Å². The molecule has 1 aromatic heterocycles. The van der Waals surface area contributed by atoms with Crippen LogP contribution < -0.4 is 26.3 Å². The van der Waals surface area contributed by atoms with Crippen LogP contribution in [0.2, 0.25) is 0 Å². The molecule has 2 amide bonds. The minimum Gasteiger partial charge on any atom is -0.497 e. The highest BCUT2D eigenvalue weighted by atomic mass is 16.5. The van der Waals surface area contributed by atoms with Crippen LogP contribution in [0, 0.1) is 0 Å². The van der Waals surface area contributed by atoms with Crippen LogP contribution in [0.5, 0.6) is 11.5 Å². The summed E-state index contributed by atoms with van der Waals surface area (Å²) in [4.78, 5) is 32.2. The van der Waals surface area contributed by atoms with Crippen LogP contribution in [0.25, 0.3) is 0 Å². The highest BCUT2D eigenvalue weighted by molar-refractivity contribution is 5.95. The Bertz CT molecular complexity index is 1120. The second kappa shape index (κ2) is 9.57. The first kappa shape index (κ1) is 21.6. The lowest BCUT2D eigenvalue weighted by Crippen LogP contribution is -2.23. The van der Waals surface area contributed by atoms with E-state index in [4.69, 9.17) is 20.9 Å². The Morgan fingerprint density at radius 3 is 2.61 bits per heavy atom. The number of nitrogens with zero attached hydrogens (tertiary/aromatic N) is 2. The minimum absolute atomic E-state index is 0.0163. The van der Waals surface area contributed by atoms with Gasteiger partial charge >= 0.3 is 0 Å². The summed E-state index contributed by atoms with van der Waals surface area (Å²) in [5.41, 5.74) is 13.4. The lowest BCUT2D eigenvalue weighted by molar-refractivity contribution is 0.0949. The first-order chi connectivity index (χ1) is 14.9. The van der Waals surface area contributed by atoms with Gasteiger partial charge in [-0.05, 0) is 35.9 Å². The van der Waals surface area contributed by atoms with E-state index in [0.717, 1.165) is 11.1 Å². The number of nitrogens with two attached hydrogens (primary N) is 2. The molecule has 160 valence electrons. The molecule has 9 nitrogen and oxygen atoms in total. The Balaban J connectivity index is 1.72. The van der Waals surface area contributed by atoms with Crippen LogP contribution in [-0.2, 0) is 13.0 Å². The number of hydrogen-bond acceptors (Lipinski definition) is 7. The Hall–Kier alpha value is -4.14. The Kier molecular flexibility index (Phi) is 6.66. The van der Waals surface area contributed by atoms with Crippen LogP contribution in [-0.4, -0.2) is 36.0 Å². The summed E-state index contributed by atoms with van der Waals surface area (Å²) in [5, 5.41) is 2.88. The molecule has 0 spiro atoms. The third kappa shape index (κ3) is 5.27. The van der Waals surface area contributed by atoms with Crippen LogP contribution >= 0.6 is 0 Å². The lowest BCUT2D eigenvalue weighted by atomic mass is 10.1. The second-order valence-corrected chi connectivity index (χ2v) is 6.70. The maximum Gasteiger partial charge on any atom is 0.271 e. The van der Waals surface area contributed by atoms with Gasteiger partial charge in [-0.15, -0.1) is 0 Å². The molecular weight excluding hydrogens is 398 g/mol. The molecule has 31 heavy (non-hydrogen) atoms. The Morgan fingerprint density at radius 2 is 1.90 bits per heavy atom. The maximum absolute atomic E-state index is 12.7. The first-order valence-electron chi connectivity index (χ1n) is 9.40. The lowest BCUT2D eigenvalue weighted by Gasteiger charge is -2.12. The summed E-state index contributed by atoms with van der Waals surface area (Å²) in [5.74, 6) is 0.326. The van der Waals surface area contributed by atoms with E-state index >= 15 is 0 Å². The molecule has 0 aliphatic carbocycles. The summed E-state index contributed by atoms with van der Waals surface area (Å²) in [6.45, 7) is 0.273. The SMILES string of the molecule is COc1ccc(OC)c(CNC(=O)c2cccc(Cc3cnc(N)c(C(N)=O)n3)c2)c1. The van der Waals surface area contributed by atoms with E-state index in [1.807, 2.05) is 12.1 Å². The molecule has 0 bridgehead atoms. The zero-order valence-electron chi connectivity index (χ0n) is 17.2. The fourth-order valence-corrected chi connectivity index (χ4v) is 3.03. The molecule has 3 rings (SSSR count). The van der Waals surface area contributed by atoms with E-state index in [1.165, 1.54) is 6.20 Å². The largest absolute Gasteiger partial charge is 0.497 e. The monoisotopic (exact) mass is 421 g/mol. The van der Waals surface area contributed by atoms with Gasteiger partial charge in [-0.2, -0.15) is 0 Å². The summed E-state index contributed by atoms with van der Waals surface area (Å²) in [7, 11) is 3.15. The van der Waals surface area contributed by atoms with Gasteiger partial charge in [-0.1, -0.05) is 12.1 Å². The second-order valence-electron chi connectivity index (χ2n) is 6.70. The van der Waals surface area contributed by atoms with Crippen molar-refractivity contribution >= 4 is 17.6 Å². The number of benzene rings is 2. The third-order valence-electron chi connectivity index (χ3n) is 4.59. The molecule has 3 aromatic rings. The quantitative estimate of drug-likeness (QED) is 0.502. The smallest absolute Gasteiger partial charge is 0.271 e. The van der Waals surface area contributed by atoms with Crippen molar-refractivity contribution in [3.05, 3.63) is 76.7 Å². The molecular formula is C22H23N5O4. The van der Waals surface area contributed by atoms with E-state index in [-0.39, 0.29) is 24.0 Å². The summed E-state index contributed by atoms with van der Waals surface area (Å²) < 4.78 is 10.6. The molecule has 0 aliphatic rings. The molecule has 9 heteroatoms. The third-order valence-corrected chi connectivity index (χ3v) is 4.59. The van der Waals surface area contributed by atoms with E-state index < -0.39 is 5.91 Å². The van der Waals surface area contributed by atoms with Gasteiger partial charge in [0.25, 0.3) is 11.8 Å². The molecule has 1 heterocycles. The predicted octanol–water partition coefficient (Wildman–Crippen LogP) is 1.70. The number of primary amides is 1. The van der Waals surface area contributed by atoms with Crippen molar-refractivity contribution in [3.8, 4) is 11.5 Å². The van der Waals surface area contributed by atoms with Crippen LogP contribution in [0.4, 0.5) is 5.82 Å². The zero-order valence-corrected chi connectivity index (χ0v) is 17.2. The van der Waals surface area contributed by atoms with Crippen molar-refractivity contribution in [2.45, 2.75) is 13.0 Å². The van der Waals surface area contributed by atoms with Crippen molar-refractivity contribution in [2.75, 3.05) is 20.0 Å². The fourth-order valence-electron chi connectivity index (χ4n) is 3.03. The number of anilines is 1. The molecule has 2 aromatic carbocycles. The number of methoxy groups -OCH3 is 2. The topological polar surface area (TPSA) is 142 Å². The number of carbonyl (C=O) groups excluding carboxylic acids is 2. The molecule has 0 unspecified atom stereocenters. The summed E-state index contributed by atoms with van der Waals surface area (Å²) in [6.07, 6.45) is 1.84. The Labute approximate surface area is 179 Å². The number of amides is 2. The zero-order chi connectivity index (χ0) is 22.4. The normalized spacial score (nSPS) is 10.4. The maximum atomic E-state index is 12.7. The first-order valence-corrected chi connectivity index (χ1v) is 9.40. The number of nitrogen functional groups attached to an aromatic ring is 1. The number of carbonyl (C=O) groups is 2. The van der Waals surface area contributed by atoms with Gasteiger partial charge in [0.1, 0.15) is 11.5 Å². The number of aromatic nitrogens is 2. The molecule has 0 aliphatic heterocycles. The van der Waals surface area contributed by atoms with Crippen molar-refractivity contribution in [3.63, 3.8) is 0 Å². The molecule has 0 atom stereocenters. The molecule has 5 N–H and O–H groups in total. The van der Waals surface area contributed by atoms with Crippen LogP contribution in [0.1, 0.15) is 37.7 Å². The van der Waals surface area contributed by atoms with Gasteiger partial charge in [-0.3, -0.25) is 9.59 Å². The van der Waals surface area contributed by atoms with E-state index in [9.17, 15) is 9.59 Å². The summed E-state index contributed by atoms with van der Waals surface area (Å²) in [6, 6.07) is 12.5. The van der Waals surface area contributed by atoms with Crippen molar-refractivity contribution in [1.29, 1.82) is 0 Å². The van der Waals surface area contributed by atoms with Gasteiger partial charge in [0.2, 0.25) is 0 Å². The van der Waals surface area contributed by atoms with E-state index in [2.05, 4.69) is 15.3 Å². The highest BCUT2D eigenvalue weighted by Crippen LogP contribution is 2.24. The predicted molar refractivity (Wildman–Crippen MR) is 115 cm³/mol. The van der Waals surface area contributed by atoms with Crippen molar-refractivity contribution < 1.29 is 19.1 Å². The molecule has 0 saturated carbocycles. The van der Waals surface area contributed by atoms with Crippen LogP contribution in [0.15, 0.2) is 48.7 Å². The average molecular weight is 421 g/mol. The standard InChI is InChI=1S/C22H23N5O4/c1-30-17-6-7-18(31-2)15(10-17)11-26-22(29)14-5-3-4-13(8-14)9-16-12-25-20(23)19(27-16)21(24)28/h3-8,10,12H,9,11H2,1-2H3,(H2,23,25)(H2,24,28)(H,26,29). The number of hydrogen-bond donors (Lipinski definition) is 3. The molecule has 0 fully saturated rings. The van der Waals surface area contributed by atoms with Crippen molar-refractivity contribution in [1.82, 2.24) is 15.3 Å². The average Bonchev–Trinajstić information content (AvgIpc) is 2.78. The number of rotatable bonds is 8. The molecule has 0 saturated heterocycles. The van der Waals surface area contributed by atoms with Gasteiger partial charge in [0, 0.05) is 24.1 Å². The van der Waals surface area contributed by atoms with Gasteiger partial charge in [-0.25, -0.2) is 9.97 Å². The number of nitrogens with one attached hydrogen (secondary N) is 1. The van der Waals surface area contributed by atoms with Gasteiger partial charge in [0.15, 0.2) is 11.5 Å². The van der Waals surface area contributed by atoms with Gasteiger partial charge < -0.3 is 26.3 Å². The van der Waals surface area contributed by atoms with Crippen molar-refractivity contribution in [2.24, 2.45) is 5.73 Å². The minimum atomic E-state index is -0.743. The van der Waals surface area contributed by atoms with Crippen LogP contribution in [0.3, 0.4) is 0 Å².